The van der Waals surface area contributed by atoms with E-state index in [2.05, 4.69) is 5.32 Å². The van der Waals surface area contributed by atoms with Crippen LogP contribution in [0.1, 0.15) is 15.9 Å². The third-order valence-electron chi connectivity index (χ3n) is 3.06. The van der Waals surface area contributed by atoms with Crippen molar-refractivity contribution in [1.82, 2.24) is 0 Å². The number of para-hydroxylation sites is 1. The van der Waals surface area contributed by atoms with E-state index in [1.165, 1.54) is 12.1 Å². The molecule has 0 heterocycles. The summed E-state index contributed by atoms with van der Waals surface area (Å²) in [4.78, 5) is 11.0. The molecule has 2 rings (SSSR count). The van der Waals surface area contributed by atoms with Crippen LogP contribution in [0.5, 0.6) is 5.75 Å². The van der Waals surface area contributed by atoms with Gasteiger partial charge < -0.3 is 15.2 Å². The Bertz CT molecular complexity index is 643. The van der Waals surface area contributed by atoms with E-state index in [1.54, 1.807) is 37.3 Å². The van der Waals surface area contributed by atoms with Crippen LogP contribution in [0.3, 0.4) is 0 Å². The van der Waals surface area contributed by atoms with Crippen molar-refractivity contribution in [2.75, 3.05) is 18.5 Å². The molecule has 21 heavy (non-hydrogen) atoms. The van der Waals surface area contributed by atoms with E-state index in [4.69, 9.17) is 9.84 Å². The van der Waals surface area contributed by atoms with E-state index in [0.717, 1.165) is 0 Å². The molecule has 5 heteroatoms. The zero-order valence-corrected chi connectivity index (χ0v) is 11.6. The number of anilines is 1. The molecule has 4 nitrogen and oxygen atoms in total. The lowest BCUT2D eigenvalue weighted by Crippen LogP contribution is -2.14. The van der Waals surface area contributed by atoms with Crippen LogP contribution in [0.2, 0.25) is 0 Å². The molecule has 0 aromatic heterocycles. The van der Waals surface area contributed by atoms with Crippen LogP contribution in [-0.2, 0) is 0 Å². The number of hydrogen-bond acceptors (Lipinski definition) is 3. The SMILES string of the molecule is Cc1c(F)cccc1NCCOc1ccccc1C(=O)O. The maximum absolute atomic E-state index is 13.4. The maximum atomic E-state index is 13.4. The van der Waals surface area contributed by atoms with Crippen LogP contribution in [0.15, 0.2) is 42.5 Å². The minimum atomic E-state index is -1.03. The lowest BCUT2D eigenvalue weighted by molar-refractivity contribution is 0.0692. The highest BCUT2D eigenvalue weighted by Gasteiger charge is 2.09. The van der Waals surface area contributed by atoms with Gasteiger partial charge in [0.25, 0.3) is 0 Å². The highest BCUT2D eigenvalue weighted by molar-refractivity contribution is 5.90. The van der Waals surface area contributed by atoms with E-state index in [0.29, 0.717) is 23.5 Å². The number of carbonyl (C=O) groups is 1. The Kier molecular flexibility index (Phi) is 4.77. The van der Waals surface area contributed by atoms with Crippen LogP contribution in [-0.4, -0.2) is 24.2 Å². The van der Waals surface area contributed by atoms with Crippen LogP contribution in [0.4, 0.5) is 10.1 Å². The third kappa shape index (κ3) is 3.72. The fourth-order valence-electron chi connectivity index (χ4n) is 1.91. The molecule has 0 spiro atoms. The third-order valence-corrected chi connectivity index (χ3v) is 3.06. The Morgan fingerprint density at radius 1 is 1.24 bits per heavy atom. The van der Waals surface area contributed by atoms with Gasteiger partial charge in [0.05, 0.1) is 0 Å². The fourth-order valence-corrected chi connectivity index (χ4v) is 1.91. The molecule has 2 aromatic rings. The standard InChI is InChI=1S/C16H16FNO3/c1-11-13(17)6-4-7-14(11)18-9-10-21-15-8-3-2-5-12(15)16(19)20/h2-8,18H,9-10H2,1H3,(H,19,20). The Morgan fingerprint density at radius 2 is 2.00 bits per heavy atom. The second-order valence-corrected chi connectivity index (χ2v) is 4.49. The first kappa shape index (κ1) is 14.8. The van der Waals surface area contributed by atoms with Gasteiger partial charge in [0, 0.05) is 17.8 Å². The summed E-state index contributed by atoms with van der Waals surface area (Å²) in [6, 6.07) is 11.3. The molecule has 0 bridgehead atoms. The average Bonchev–Trinajstić information content (AvgIpc) is 2.48. The molecule has 0 saturated carbocycles. The monoisotopic (exact) mass is 289 g/mol. The summed E-state index contributed by atoms with van der Waals surface area (Å²) in [7, 11) is 0. The predicted molar refractivity (Wildman–Crippen MR) is 78.5 cm³/mol. The summed E-state index contributed by atoms with van der Waals surface area (Å²) in [6.07, 6.45) is 0. The number of ether oxygens (including phenoxy) is 1. The summed E-state index contributed by atoms with van der Waals surface area (Å²) >= 11 is 0. The molecule has 0 amide bonds. The minimum absolute atomic E-state index is 0.124. The van der Waals surface area contributed by atoms with Crippen LogP contribution in [0, 0.1) is 12.7 Å². The van der Waals surface area contributed by atoms with Gasteiger partial charge >= 0.3 is 5.97 Å². The topological polar surface area (TPSA) is 58.6 Å². The molecule has 0 aliphatic carbocycles. The van der Waals surface area contributed by atoms with Crippen molar-refractivity contribution in [2.24, 2.45) is 0 Å². The molecule has 0 radical (unpaired) electrons. The summed E-state index contributed by atoms with van der Waals surface area (Å²) in [5.41, 5.74) is 1.37. The molecule has 2 N–H and O–H groups in total. The molecule has 2 aromatic carbocycles. The summed E-state index contributed by atoms with van der Waals surface area (Å²) in [5.74, 6) is -0.973. The van der Waals surface area contributed by atoms with E-state index < -0.39 is 5.97 Å². The van der Waals surface area contributed by atoms with Crippen molar-refractivity contribution >= 4 is 11.7 Å². The van der Waals surface area contributed by atoms with E-state index in [9.17, 15) is 9.18 Å². The van der Waals surface area contributed by atoms with Gasteiger partial charge in [-0.2, -0.15) is 0 Å². The van der Waals surface area contributed by atoms with E-state index >= 15 is 0 Å². The Labute approximate surface area is 122 Å². The smallest absolute Gasteiger partial charge is 0.339 e. The van der Waals surface area contributed by atoms with Gasteiger partial charge in [-0.15, -0.1) is 0 Å². The minimum Gasteiger partial charge on any atom is -0.491 e. The predicted octanol–water partition coefficient (Wildman–Crippen LogP) is 3.32. The molecule has 0 unspecified atom stereocenters. The van der Waals surface area contributed by atoms with Gasteiger partial charge in [0.1, 0.15) is 23.7 Å². The van der Waals surface area contributed by atoms with Crippen molar-refractivity contribution in [3.05, 3.63) is 59.4 Å². The molecule has 0 fully saturated rings. The summed E-state index contributed by atoms with van der Waals surface area (Å²) in [6.45, 7) is 2.41. The van der Waals surface area contributed by atoms with Crippen LogP contribution < -0.4 is 10.1 Å². The fraction of sp³-hybridized carbons (Fsp3) is 0.188. The first-order valence-corrected chi connectivity index (χ1v) is 6.53. The number of carboxylic acids is 1. The molecule has 0 aliphatic rings. The maximum Gasteiger partial charge on any atom is 0.339 e. The number of nitrogens with one attached hydrogen (secondary N) is 1. The quantitative estimate of drug-likeness (QED) is 0.801. The van der Waals surface area contributed by atoms with Crippen molar-refractivity contribution in [2.45, 2.75) is 6.92 Å². The lowest BCUT2D eigenvalue weighted by Gasteiger charge is -2.12. The van der Waals surface area contributed by atoms with Crippen molar-refractivity contribution in [3.63, 3.8) is 0 Å². The van der Waals surface area contributed by atoms with Crippen molar-refractivity contribution in [3.8, 4) is 5.75 Å². The largest absolute Gasteiger partial charge is 0.491 e. The molecular weight excluding hydrogens is 273 g/mol. The Morgan fingerprint density at radius 3 is 2.76 bits per heavy atom. The second-order valence-electron chi connectivity index (χ2n) is 4.49. The normalized spacial score (nSPS) is 10.2. The second kappa shape index (κ2) is 6.74. The number of aromatic carboxylic acids is 1. The summed E-state index contributed by atoms with van der Waals surface area (Å²) in [5, 5.41) is 12.1. The molecule has 0 atom stereocenters. The first-order chi connectivity index (χ1) is 10.1. The summed E-state index contributed by atoms with van der Waals surface area (Å²) < 4.78 is 18.8. The Hall–Kier alpha value is -2.56. The number of benzene rings is 2. The number of carboxylic acid groups (broad SMARTS) is 1. The number of halogens is 1. The zero-order chi connectivity index (χ0) is 15.2. The molecule has 0 saturated heterocycles. The Balaban J connectivity index is 1.91. The van der Waals surface area contributed by atoms with Crippen molar-refractivity contribution < 1.29 is 19.0 Å². The van der Waals surface area contributed by atoms with Gasteiger partial charge in [-0.25, -0.2) is 9.18 Å². The van der Waals surface area contributed by atoms with Gasteiger partial charge in [-0.05, 0) is 31.2 Å². The zero-order valence-electron chi connectivity index (χ0n) is 11.6. The highest BCUT2D eigenvalue weighted by Crippen LogP contribution is 2.19. The molecule has 110 valence electrons. The number of rotatable bonds is 6. The van der Waals surface area contributed by atoms with Gasteiger partial charge in [0.2, 0.25) is 0 Å². The highest BCUT2D eigenvalue weighted by atomic mass is 19.1. The van der Waals surface area contributed by atoms with Crippen LogP contribution >= 0.6 is 0 Å². The van der Waals surface area contributed by atoms with E-state index in [1.807, 2.05) is 0 Å². The number of hydrogen-bond donors (Lipinski definition) is 2. The molecule has 0 aliphatic heterocycles. The first-order valence-electron chi connectivity index (χ1n) is 6.53. The van der Waals surface area contributed by atoms with Gasteiger partial charge in [-0.1, -0.05) is 18.2 Å². The van der Waals surface area contributed by atoms with Crippen LogP contribution in [0.25, 0.3) is 0 Å². The average molecular weight is 289 g/mol. The van der Waals surface area contributed by atoms with E-state index in [-0.39, 0.29) is 18.0 Å². The van der Waals surface area contributed by atoms with Gasteiger partial charge in [-0.3, -0.25) is 0 Å². The van der Waals surface area contributed by atoms with Crippen molar-refractivity contribution in [1.29, 1.82) is 0 Å². The lowest BCUT2D eigenvalue weighted by atomic mass is 10.2. The molecular formula is C16H16FNO3. The van der Waals surface area contributed by atoms with Gasteiger partial charge in [0.15, 0.2) is 0 Å².